The lowest BCUT2D eigenvalue weighted by Gasteiger charge is -2.48. The minimum atomic E-state index is -0.313. The molecule has 2 fully saturated rings. The molecule has 114 valence electrons. The number of amides is 2. The number of hydrogen-bond acceptors (Lipinski definition) is 3. The van der Waals surface area contributed by atoms with Crippen LogP contribution in [0.4, 0.5) is 0 Å². The SMILES string of the molecule is CC(C)C1C(=O)N2CCCCC2C(=O)N1Cc1ccsc1. The Labute approximate surface area is 129 Å². The van der Waals surface area contributed by atoms with Gasteiger partial charge in [-0.05, 0) is 47.6 Å². The van der Waals surface area contributed by atoms with Crippen molar-refractivity contribution in [1.82, 2.24) is 9.80 Å². The molecule has 21 heavy (non-hydrogen) atoms. The first-order valence-corrected chi connectivity index (χ1v) is 8.66. The van der Waals surface area contributed by atoms with Crippen LogP contribution in [0.3, 0.4) is 0 Å². The topological polar surface area (TPSA) is 40.6 Å². The monoisotopic (exact) mass is 306 g/mol. The summed E-state index contributed by atoms with van der Waals surface area (Å²) in [4.78, 5) is 29.4. The van der Waals surface area contributed by atoms with E-state index in [9.17, 15) is 9.59 Å². The molecule has 0 aromatic carbocycles. The van der Waals surface area contributed by atoms with Crippen molar-refractivity contribution in [3.63, 3.8) is 0 Å². The van der Waals surface area contributed by atoms with Crippen LogP contribution in [0.1, 0.15) is 38.7 Å². The predicted octanol–water partition coefficient (Wildman–Crippen LogP) is 2.50. The normalized spacial score (nSPS) is 26.4. The molecule has 1 aromatic rings. The van der Waals surface area contributed by atoms with E-state index in [1.54, 1.807) is 11.3 Å². The zero-order chi connectivity index (χ0) is 15.0. The zero-order valence-corrected chi connectivity index (χ0v) is 13.4. The highest BCUT2D eigenvalue weighted by molar-refractivity contribution is 7.07. The molecule has 2 saturated heterocycles. The summed E-state index contributed by atoms with van der Waals surface area (Å²) in [5, 5.41) is 4.07. The lowest BCUT2D eigenvalue weighted by atomic mass is 9.90. The van der Waals surface area contributed by atoms with E-state index in [1.807, 2.05) is 35.1 Å². The highest BCUT2D eigenvalue weighted by atomic mass is 32.1. The number of hydrogen-bond donors (Lipinski definition) is 0. The Morgan fingerprint density at radius 1 is 1.29 bits per heavy atom. The second-order valence-corrected chi connectivity index (χ2v) is 7.11. The number of thiophene rings is 1. The van der Waals surface area contributed by atoms with E-state index in [0.29, 0.717) is 6.54 Å². The fourth-order valence-corrected chi connectivity index (χ4v) is 4.14. The molecule has 0 bridgehead atoms. The summed E-state index contributed by atoms with van der Waals surface area (Å²) < 4.78 is 0. The van der Waals surface area contributed by atoms with Crippen LogP contribution in [0, 0.1) is 5.92 Å². The smallest absolute Gasteiger partial charge is 0.246 e. The quantitative estimate of drug-likeness (QED) is 0.861. The summed E-state index contributed by atoms with van der Waals surface area (Å²) in [5.41, 5.74) is 1.12. The van der Waals surface area contributed by atoms with Crippen molar-refractivity contribution in [2.45, 2.75) is 51.7 Å². The Hall–Kier alpha value is -1.36. The maximum Gasteiger partial charge on any atom is 0.246 e. The van der Waals surface area contributed by atoms with Crippen LogP contribution in [0.15, 0.2) is 16.8 Å². The number of piperidine rings is 1. The third-order valence-corrected chi connectivity index (χ3v) is 5.24. The number of fused-ring (bicyclic) bond motifs is 1. The second-order valence-electron chi connectivity index (χ2n) is 6.33. The Balaban J connectivity index is 1.90. The number of nitrogens with zero attached hydrogens (tertiary/aromatic N) is 2. The van der Waals surface area contributed by atoms with Gasteiger partial charge in [-0.1, -0.05) is 13.8 Å². The van der Waals surface area contributed by atoms with Crippen molar-refractivity contribution < 1.29 is 9.59 Å². The fraction of sp³-hybridized carbons (Fsp3) is 0.625. The van der Waals surface area contributed by atoms with Crippen molar-refractivity contribution in [2.75, 3.05) is 6.54 Å². The molecule has 2 amide bonds. The Morgan fingerprint density at radius 2 is 2.10 bits per heavy atom. The van der Waals surface area contributed by atoms with E-state index in [2.05, 4.69) is 5.38 Å². The average Bonchev–Trinajstić information content (AvgIpc) is 2.97. The van der Waals surface area contributed by atoms with Crippen molar-refractivity contribution in [1.29, 1.82) is 0 Å². The highest BCUT2D eigenvalue weighted by Crippen LogP contribution is 2.30. The highest BCUT2D eigenvalue weighted by Gasteiger charge is 2.47. The third-order valence-electron chi connectivity index (χ3n) is 4.51. The molecule has 3 rings (SSSR count). The molecular formula is C16H22N2O2S. The lowest BCUT2D eigenvalue weighted by molar-refractivity contribution is -0.166. The van der Waals surface area contributed by atoms with Gasteiger partial charge in [0.25, 0.3) is 0 Å². The van der Waals surface area contributed by atoms with E-state index in [4.69, 9.17) is 0 Å². The number of rotatable bonds is 3. The van der Waals surface area contributed by atoms with Gasteiger partial charge in [0.15, 0.2) is 0 Å². The third kappa shape index (κ3) is 2.59. The molecule has 0 radical (unpaired) electrons. The van der Waals surface area contributed by atoms with Gasteiger partial charge in [-0.3, -0.25) is 9.59 Å². The van der Waals surface area contributed by atoms with Gasteiger partial charge in [0.05, 0.1) is 0 Å². The number of piperazine rings is 1. The lowest BCUT2D eigenvalue weighted by Crippen LogP contribution is -2.66. The van der Waals surface area contributed by atoms with Crippen LogP contribution in [0.25, 0.3) is 0 Å². The van der Waals surface area contributed by atoms with Gasteiger partial charge < -0.3 is 9.80 Å². The van der Waals surface area contributed by atoms with E-state index in [0.717, 1.165) is 31.4 Å². The van der Waals surface area contributed by atoms with Crippen molar-refractivity contribution in [3.05, 3.63) is 22.4 Å². The molecule has 0 saturated carbocycles. The largest absolute Gasteiger partial charge is 0.329 e. The van der Waals surface area contributed by atoms with Gasteiger partial charge in [0.1, 0.15) is 12.1 Å². The molecule has 0 N–H and O–H groups in total. The summed E-state index contributed by atoms with van der Waals surface area (Å²) in [6, 6.07) is 1.50. The first kappa shape index (κ1) is 14.6. The Morgan fingerprint density at radius 3 is 2.76 bits per heavy atom. The summed E-state index contributed by atoms with van der Waals surface area (Å²) in [7, 11) is 0. The minimum absolute atomic E-state index is 0.138. The summed E-state index contributed by atoms with van der Waals surface area (Å²) in [5.74, 6) is 0.423. The molecule has 0 spiro atoms. The van der Waals surface area contributed by atoms with Crippen LogP contribution in [-0.2, 0) is 16.1 Å². The van der Waals surface area contributed by atoms with E-state index >= 15 is 0 Å². The predicted molar refractivity (Wildman–Crippen MR) is 82.8 cm³/mol. The van der Waals surface area contributed by atoms with Gasteiger partial charge in [0.2, 0.25) is 11.8 Å². The number of carbonyl (C=O) groups excluding carboxylic acids is 2. The van der Waals surface area contributed by atoms with Gasteiger partial charge >= 0.3 is 0 Å². The van der Waals surface area contributed by atoms with Crippen molar-refractivity contribution in [3.8, 4) is 0 Å². The zero-order valence-electron chi connectivity index (χ0n) is 12.6. The van der Waals surface area contributed by atoms with Gasteiger partial charge in [-0.2, -0.15) is 11.3 Å². The first-order chi connectivity index (χ1) is 10.1. The van der Waals surface area contributed by atoms with Gasteiger partial charge in [-0.15, -0.1) is 0 Å². The standard InChI is InChI=1S/C16H22N2O2S/c1-11(2)14-16(20)17-7-4-3-5-13(17)15(19)18(14)9-12-6-8-21-10-12/h6,8,10-11,13-14H,3-5,7,9H2,1-2H3. The van der Waals surface area contributed by atoms with Gasteiger partial charge in [0, 0.05) is 13.1 Å². The molecule has 2 unspecified atom stereocenters. The fourth-order valence-electron chi connectivity index (χ4n) is 3.48. The Kier molecular flexibility index (Phi) is 4.02. The van der Waals surface area contributed by atoms with E-state index in [1.165, 1.54) is 0 Å². The minimum Gasteiger partial charge on any atom is -0.329 e. The van der Waals surface area contributed by atoms with Crippen LogP contribution in [0.5, 0.6) is 0 Å². The van der Waals surface area contributed by atoms with Crippen LogP contribution in [0.2, 0.25) is 0 Å². The summed E-state index contributed by atoms with van der Waals surface area (Å²) in [6.07, 6.45) is 2.87. The molecule has 2 atom stereocenters. The maximum atomic E-state index is 12.9. The average molecular weight is 306 g/mol. The van der Waals surface area contributed by atoms with E-state index in [-0.39, 0.29) is 29.8 Å². The second kappa shape index (κ2) is 5.79. The Bertz CT molecular complexity index is 526. The van der Waals surface area contributed by atoms with Crippen LogP contribution >= 0.6 is 11.3 Å². The summed E-state index contributed by atoms with van der Waals surface area (Å²) in [6.45, 7) is 5.35. The molecule has 1 aromatic heterocycles. The maximum absolute atomic E-state index is 12.9. The number of carbonyl (C=O) groups is 2. The molecule has 5 heteroatoms. The molecule has 2 aliphatic heterocycles. The van der Waals surface area contributed by atoms with Crippen molar-refractivity contribution in [2.24, 2.45) is 5.92 Å². The molecule has 2 aliphatic rings. The molecule has 0 aliphatic carbocycles. The van der Waals surface area contributed by atoms with Crippen LogP contribution in [-0.4, -0.2) is 40.2 Å². The summed E-state index contributed by atoms with van der Waals surface area (Å²) >= 11 is 1.63. The molecule has 4 nitrogen and oxygen atoms in total. The molecular weight excluding hydrogens is 284 g/mol. The first-order valence-electron chi connectivity index (χ1n) is 7.71. The van der Waals surface area contributed by atoms with Crippen molar-refractivity contribution >= 4 is 23.2 Å². The van der Waals surface area contributed by atoms with E-state index < -0.39 is 0 Å². The van der Waals surface area contributed by atoms with Crippen LogP contribution < -0.4 is 0 Å². The van der Waals surface area contributed by atoms with Gasteiger partial charge in [-0.25, -0.2) is 0 Å². The molecule has 3 heterocycles.